The maximum atomic E-state index is 6.17. The van der Waals surface area contributed by atoms with E-state index >= 15 is 0 Å². The highest BCUT2D eigenvalue weighted by Crippen LogP contribution is 2.48. The predicted octanol–water partition coefficient (Wildman–Crippen LogP) is 8.57. The molecule has 0 fully saturated rings. The highest BCUT2D eigenvalue weighted by molar-refractivity contribution is 9.10. The standard InChI is InChI=1S/C34H30BrNO2/c35-28-14-20-33(36-22-28)38-29-15-11-26(12-16-29)34-31(25-9-5-2-6-10-25)18-13-27-21-30(17-19-32(27)34)37-23-24-7-3-1-4-8-24/h1-12,14-15,17,19-22,29,31,34H,13,16,18,23H2/t29?,31-,34+/m1/s1. The fourth-order valence-corrected chi connectivity index (χ4v) is 5.86. The van der Waals surface area contributed by atoms with E-state index in [0.29, 0.717) is 24.3 Å². The second-order valence-corrected chi connectivity index (χ2v) is 10.9. The molecule has 4 aromatic rings. The van der Waals surface area contributed by atoms with Crippen LogP contribution < -0.4 is 9.47 Å². The Hall–Kier alpha value is -3.63. The SMILES string of the molecule is Brc1ccc(OC2C=CC([C@@H]3c4ccc(OCc5ccccc5)cc4CC[C@@H]3c3ccccc3)=CC2)nc1. The normalized spacial score (nSPS) is 20.3. The first-order chi connectivity index (χ1) is 18.7. The molecular weight excluding hydrogens is 534 g/mol. The van der Waals surface area contributed by atoms with Gasteiger partial charge in [-0.2, -0.15) is 0 Å². The van der Waals surface area contributed by atoms with Crippen molar-refractivity contribution in [3.05, 3.63) is 148 Å². The van der Waals surface area contributed by atoms with E-state index in [4.69, 9.17) is 9.47 Å². The van der Waals surface area contributed by atoms with Crippen LogP contribution in [-0.4, -0.2) is 11.1 Å². The second kappa shape index (κ2) is 11.4. The summed E-state index contributed by atoms with van der Waals surface area (Å²) in [6.07, 6.45) is 11.6. The van der Waals surface area contributed by atoms with Crippen molar-refractivity contribution in [3.8, 4) is 11.6 Å². The van der Waals surface area contributed by atoms with Gasteiger partial charge in [0.1, 0.15) is 18.5 Å². The Balaban J connectivity index is 1.25. The summed E-state index contributed by atoms with van der Waals surface area (Å²) >= 11 is 3.43. The Labute approximate surface area is 233 Å². The van der Waals surface area contributed by atoms with Crippen LogP contribution in [0.2, 0.25) is 0 Å². The summed E-state index contributed by atoms with van der Waals surface area (Å²) in [5.41, 5.74) is 6.74. The number of fused-ring (bicyclic) bond motifs is 1. The van der Waals surface area contributed by atoms with Crippen LogP contribution in [0.1, 0.15) is 46.9 Å². The van der Waals surface area contributed by atoms with Gasteiger partial charge in [0, 0.05) is 29.1 Å². The number of benzene rings is 3. The van der Waals surface area contributed by atoms with Gasteiger partial charge in [-0.1, -0.05) is 78.9 Å². The zero-order valence-corrected chi connectivity index (χ0v) is 22.8. The summed E-state index contributed by atoms with van der Waals surface area (Å²) in [4.78, 5) is 4.37. The third-order valence-corrected chi connectivity index (χ3v) is 7.94. The number of rotatable bonds is 7. The minimum absolute atomic E-state index is 0.0144. The minimum Gasteiger partial charge on any atom is -0.489 e. The van der Waals surface area contributed by atoms with Crippen LogP contribution in [0.4, 0.5) is 0 Å². The van der Waals surface area contributed by atoms with Crippen LogP contribution in [0.3, 0.4) is 0 Å². The van der Waals surface area contributed by atoms with Crippen LogP contribution in [-0.2, 0) is 13.0 Å². The smallest absolute Gasteiger partial charge is 0.213 e. The van der Waals surface area contributed by atoms with Crippen molar-refractivity contribution < 1.29 is 9.47 Å². The summed E-state index contributed by atoms with van der Waals surface area (Å²) < 4.78 is 13.2. The fourth-order valence-electron chi connectivity index (χ4n) is 5.62. The van der Waals surface area contributed by atoms with Crippen LogP contribution in [0.25, 0.3) is 0 Å². The summed E-state index contributed by atoms with van der Waals surface area (Å²) in [6.45, 7) is 0.582. The van der Waals surface area contributed by atoms with E-state index in [0.717, 1.165) is 29.5 Å². The van der Waals surface area contributed by atoms with Crippen LogP contribution >= 0.6 is 15.9 Å². The monoisotopic (exact) mass is 563 g/mol. The number of nitrogens with zero attached hydrogens (tertiary/aromatic N) is 1. The summed E-state index contributed by atoms with van der Waals surface area (Å²) in [6, 6.07) is 31.8. The van der Waals surface area contributed by atoms with E-state index in [-0.39, 0.29) is 6.10 Å². The highest BCUT2D eigenvalue weighted by Gasteiger charge is 2.33. The van der Waals surface area contributed by atoms with E-state index < -0.39 is 0 Å². The zero-order chi connectivity index (χ0) is 25.7. The van der Waals surface area contributed by atoms with E-state index in [2.05, 4.69) is 112 Å². The van der Waals surface area contributed by atoms with Gasteiger partial charge < -0.3 is 9.47 Å². The largest absolute Gasteiger partial charge is 0.489 e. The van der Waals surface area contributed by atoms with Crippen molar-refractivity contribution in [3.63, 3.8) is 0 Å². The summed E-state index contributed by atoms with van der Waals surface area (Å²) in [5.74, 6) is 2.31. The molecule has 0 saturated carbocycles. The molecular formula is C34H30BrNO2. The maximum absolute atomic E-state index is 6.17. The second-order valence-electron chi connectivity index (χ2n) is 9.94. The van der Waals surface area contributed by atoms with Crippen molar-refractivity contribution in [1.82, 2.24) is 4.98 Å². The van der Waals surface area contributed by atoms with Gasteiger partial charge in [-0.25, -0.2) is 4.98 Å². The number of hydrogen-bond donors (Lipinski definition) is 0. The number of ether oxygens (including phenoxy) is 2. The van der Waals surface area contributed by atoms with Crippen molar-refractivity contribution in [1.29, 1.82) is 0 Å². The lowest BCUT2D eigenvalue weighted by atomic mass is 9.68. The summed E-state index contributed by atoms with van der Waals surface area (Å²) in [7, 11) is 0. The molecule has 4 heteroatoms. The Morgan fingerprint density at radius 1 is 0.895 bits per heavy atom. The highest BCUT2D eigenvalue weighted by atomic mass is 79.9. The molecule has 0 N–H and O–H groups in total. The average molecular weight is 565 g/mol. The maximum Gasteiger partial charge on any atom is 0.213 e. The molecule has 0 aliphatic heterocycles. The number of aromatic nitrogens is 1. The van der Waals surface area contributed by atoms with Gasteiger partial charge in [0.15, 0.2) is 0 Å². The van der Waals surface area contributed by atoms with Crippen molar-refractivity contribution in [2.24, 2.45) is 0 Å². The Kier molecular flexibility index (Phi) is 7.41. The predicted molar refractivity (Wildman–Crippen MR) is 156 cm³/mol. The van der Waals surface area contributed by atoms with E-state index in [1.165, 1.54) is 27.8 Å². The fraction of sp³-hybridized carbons (Fsp3) is 0.206. The van der Waals surface area contributed by atoms with E-state index in [1.807, 2.05) is 18.2 Å². The lowest BCUT2D eigenvalue weighted by Gasteiger charge is -2.36. The average Bonchev–Trinajstić information content (AvgIpc) is 2.98. The zero-order valence-electron chi connectivity index (χ0n) is 21.2. The quantitative estimate of drug-likeness (QED) is 0.225. The molecule has 2 aliphatic carbocycles. The molecule has 1 aromatic heterocycles. The third-order valence-electron chi connectivity index (χ3n) is 7.47. The number of hydrogen-bond acceptors (Lipinski definition) is 3. The van der Waals surface area contributed by atoms with Gasteiger partial charge in [0.05, 0.1) is 0 Å². The molecule has 1 unspecified atom stereocenters. The number of aryl methyl sites for hydroxylation is 1. The molecule has 0 saturated heterocycles. The summed E-state index contributed by atoms with van der Waals surface area (Å²) in [5, 5.41) is 0. The molecule has 3 atom stereocenters. The van der Waals surface area contributed by atoms with E-state index in [9.17, 15) is 0 Å². The first kappa shape index (κ1) is 24.7. The Morgan fingerprint density at radius 3 is 2.45 bits per heavy atom. The third kappa shape index (κ3) is 5.61. The number of allylic oxidation sites excluding steroid dienone is 2. The molecule has 0 radical (unpaired) electrons. The van der Waals surface area contributed by atoms with Crippen molar-refractivity contribution in [2.75, 3.05) is 0 Å². The molecule has 3 aromatic carbocycles. The Morgan fingerprint density at radius 2 is 1.71 bits per heavy atom. The molecule has 6 rings (SSSR count). The van der Waals surface area contributed by atoms with Crippen LogP contribution in [0.5, 0.6) is 11.6 Å². The van der Waals surface area contributed by atoms with Gasteiger partial charge in [-0.05, 0) is 86.8 Å². The number of halogens is 1. The molecule has 0 amide bonds. The van der Waals surface area contributed by atoms with Crippen LogP contribution in [0, 0.1) is 0 Å². The van der Waals surface area contributed by atoms with Gasteiger partial charge in [-0.15, -0.1) is 0 Å². The minimum atomic E-state index is -0.0144. The number of pyridine rings is 1. The van der Waals surface area contributed by atoms with Gasteiger partial charge >= 0.3 is 0 Å². The van der Waals surface area contributed by atoms with Crippen molar-refractivity contribution in [2.45, 2.75) is 43.8 Å². The van der Waals surface area contributed by atoms with E-state index in [1.54, 1.807) is 6.20 Å². The molecule has 190 valence electrons. The van der Waals surface area contributed by atoms with Gasteiger partial charge in [-0.3, -0.25) is 0 Å². The molecule has 0 spiro atoms. The molecule has 1 heterocycles. The first-order valence-corrected chi connectivity index (χ1v) is 14.0. The lowest BCUT2D eigenvalue weighted by molar-refractivity contribution is 0.240. The first-order valence-electron chi connectivity index (χ1n) is 13.2. The molecule has 0 bridgehead atoms. The molecule has 3 nitrogen and oxygen atoms in total. The molecule has 2 aliphatic rings. The lowest BCUT2D eigenvalue weighted by Crippen LogP contribution is -2.23. The Bertz CT molecular complexity index is 1430. The molecule has 38 heavy (non-hydrogen) atoms. The van der Waals surface area contributed by atoms with Gasteiger partial charge in [0.2, 0.25) is 5.88 Å². The van der Waals surface area contributed by atoms with Gasteiger partial charge in [0.25, 0.3) is 0 Å². The van der Waals surface area contributed by atoms with Crippen LogP contribution in [0.15, 0.2) is 125 Å². The van der Waals surface area contributed by atoms with Crippen molar-refractivity contribution >= 4 is 15.9 Å². The topological polar surface area (TPSA) is 31.4 Å².